The molecule has 3 nitrogen and oxygen atoms in total. The van der Waals surface area contributed by atoms with Crippen LogP contribution in [0.2, 0.25) is 0 Å². The summed E-state index contributed by atoms with van der Waals surface area (Å²) in [7, 11) is 0. The first-order chi connectivity index (χ1) is 8.08. The van der Waals surface area contributed by atoms with Crippen molar-refractivity contribution in [2.45, 2.75) is 32.4 Å². The fourth-order valence-corrected chi connectivity index (χ4v) is 2.35. The van der Waals surface area contributed by atoms with Gasteiger partial charge in [0.2, 0.25) is 0 Å². The number of carbonyl (C=O) groups is 1. The van der Waals surface area contributed by atoms with Crippen LogP contribution < -0.4 is 0 Å². The van der Waals surface area contributed by atoms with Gasteiger partial charge in [-0.15, -0.1) is 0 Å². The number of likely N-dealkylation sites (tertiary alicyclic amines) is 1. The molecule has 1 aliphatic rings. The average Bonchev–Trinajstić information content (AvgIpc) is 2.70. The predicted molar refractivity (Wildman–Crippen MR) is 62.2 cm³/mol. The highest BCUT2D eigenvalue weighted by atomic mass is 19.1. The van der Waals surface area contributed by atoms with E-state index in [2.05, 4.69) is 0 Å². The van der Waals surface area contributed by atoms with E-state index in [0.717, 1.165) is 24.1 Å². The molecule has 0 amide bonds. The quantitative estimate of drug-likeness (QED) is 0.876. The Hall–Kier alpha value is -1.42. The van der Waals surface area contributed by atoms with Crippen LogP contribution in [0.15, 0.2) is 18.2 Å². The average molecular weight is 237 g/mol. The molecule has 4 heteroatoms. The molecule has 2 rings (SSSR count). The number of halogens is 1. The maximum Gasteiger partial charge on any atom is 0.320 e. The van der Waals surface area contributed by atoms with Gasteiger partial charge in [-0.05, 0) is 49.6 Å². The highest BCUT2D eigenvalue weighted by molar-refractivity contribution is 5.73. The molecule has 0 aromatic heterocycles. The van der Waals surface area contributed by atoms with Crippen LogP contribution >= 0.6 is 0 Å². The first-order valence-electron chi connectivity index (χ1n) is 5.80. The molecule has 1 unspecified atom stereocenters. The van der Waals surface area contributed by atoms with E-state index in [0.29, 0.717) is 13.0 Å². The van der Waals surface area contributed by atoms with Crippen LogP contribution in [-0.4, -0.2) is 28.6 Å². The maximum absolute atomic E-state index is 13.0. The minimum absolute atomic E-state index is 0.248. The topological polar surface area (TPSA) is 40.5 Å². The zero-order valence-corrected chi connectivity index (χ0v) is 9.82. The van der Waals surface area contributed by atoms with Crippen LogP contribution in [0.4, 0.5) is 4.39 Å². The van der Waals surface area contributed by atoms with E-state index < -0.39 is 5.97 Å². The lowest BCUT2D eigenvalue weighted by Crippen LogP contribution is -2.35. The third kappa shape index (κ3) is 2.64. The summed E-state index contributed by atoms with van der Waals surface area (Å²) in [5.41, 5.74) is 1.88. The van der Waals surface area contributed by atoms with Gasteiger partial charge in [0.25, 0.3) is 0 Å². The van der Waals surface area contributed by atoms with Crippen molar-refractivity contribution in [3.05, 3.63) is 35.1 Å². The van der Waals surface area contributed by atoms with Crippen molar-refractivity contribution in [2.24, 2.45) is 0 Å². The first kappa shape index (κ1) is 12.0. The van der Waals surface area contributed by atoms with E-state index in [9.17, 15) is 9.18 Å². The van der Waals surface area contributed by atoms with Gasteiger partial charge in [-0.25, -0.2) is 4.39 Å². The first-order valence-corrected chi connectivity index (χ1v) is 5.80. The van der Waals surface area contributed by atoms with Gasteiger partial charge < -0.3 is 5.11 Å². The molecule has 1 fully saturated rings. The van der Waals surface area contributed by atoms with Crippen LogP contribution in [0, 0.1) is 12.7 Å². The summed E-state index contributed by atoms with van der Waals surface area (Å²) in [6.45, 7) is 3.24. The molecule has 92 valence electrons. The van der Waals surface area contributed by atoms with Gasteiger partial charge in [-0.3, -0.25) is 9.69 Å². The predicted octanol–water partition coefficient (Wildman–Crippen LogP) is 2.18. The summed E-state index contributed by atoms with van der Waals surface area (Å²) in [4.78, 5) is 13.0. The summed E-state index contributed by atoms with van der Waals surface area (Å²) in [6, 6.07) is 4.26. The third-order valence-electron chi connectivity index (χ3n) is 3.33. The van der Waals surface area contributed by atoms with Crippen molar-refractivity contribution >= 4 is 5.97 Å². The number of nitrogens with zero attached hydrogens (tertiary/aromatic N) is 1. The molecule has 0 aliphatic carbocycles. The number of carboxylic acids is 1. The highest BCUT2D eigenvalue weighted by Gasteiger charge is 2.30. The minimum Gasteiger partial charge on any atom is -0.480 e. The van der Waals surface area contributed by atoms with Crippen molar-refractivity contribution in [3.63, 3.8) is 0 Å². The highest BCUT2D eigenvalue weighted by Crippen LogP contribution is 2.21. The van der Waals surface area contributed by atoms with Gasteiger partial charge in [-0.1, -0.05) is 6.07 Å². The standard InChI is InChI=1S/C13H16FNO2/c1-9-7-11(14)5-4-10(9)8-15-6-2-3-12(15)13(16)17/h4-5,7,12H,2-3,6,8H2,1H3,(H,16,17). The number of hydrogen-bond donors (Lipinski definition) is 1. The van der Waals surface area contributed by atoms with Gasteiger partial charge in [0.05, 0.1) is 0 Å². The number of carboxylic acid groups (broad SMARTS) is 1. The van der Waals surface area contributed by atoms with Crippen molar-refractivity contribution in [1.82, 2.24) is 4.90 Å². The van der Waals surface area contributed by atoms with Gasteiger partial charge in [-0.2, -0.15) is 0 Å². The zero-order valence-electron chi connectivity index (χ0n) is 9.82. The van der Waals surface area contributed by atoms with E-state index in [-0.39, 0.29) is 11.9 Å². The van der Waals surface area contributed by atoms with Crippen molar-refractivity contribution < 1.29 is 14.3 Å². The molecule has 0 spiro atoms. The molecule has 17 heavy (non-hydrogen) atoms. The second-order valence-corrected chi connectivity index (χ2v) is 4.54. The smallest absolute Gasteiger partial charge is 0.320 e. The molecular weight excluding hydrogens is 221 g/mol. The number of aryl methyl sites for hydroxylation is 1. The number of rotatable bonds is 3. The fraction of sp³-hybridized carbons (Fsp3) is 0.462. The van der Waals surface area contributed by atoms with Crippen molar-refractivity contribution in [3.8, 4) is 0 Å². The van der Waals surface area contributed by atoms with Gasteiger partial charge in [0, 0.05) is 6.54 Å². The molecule has 1 aromatic carbocycles. The molecule has 0 bridgehead atoms. The molecule has 1 heterocycles. The minimum atomic E-state index is -0.762. The Morgan fingerprint density at radius 1 is 1.59 bits per heavy atom. The Kier molecular flexibility index (Phi) is 3.43. The monoisotopic (exact) mass is 237 g/mol. The zero-order chi connectivity index (χ0) is 12.4. The van der Waals surface area contributed by atoms with Crippen molar-refractivity contribution in [2.75, 3.05) is 6.54 Å². The molecule has 1 atom stereocenters. The Balaban J connectivity index is 2.12. The lowest BCUT2D eigenvalue weighted by atomic mass is 10.1. The molecule has 0 saturated carbocycles. The van der Waals surface area contributed by atoms with Gasteiger partial charge in [0.15, 0.2) is 0 Å². The second kappa shape index (κ2) is 4.84. The van der Waals surface area contributed by atoms with Crippen LogP contribution in [0.5, 0.6) is 0 Å². The van der Waals surface area contributed by atoms with E-state index in [1.807, 2.05) is 11.8 Å². The largest absolute Gasteiger partial charge is 0.480 e. The lowest BCUT2D eigenvalue weighted by molar-refractivity contribution is -0.142. The normalized spacial score (nSPS) is 20.7. The number of hydrogen-bond acceptors (Lipinski definition) is 2. The molecule has 0 radical (unpaired) electrons. The van der Waals surface area contributed by atoms with E-state index in [1.54, 1.807) is 6.07 Å². The third-order valence-corrected chi connectivity index (χ3v) is 3.33. The van der Waals surface area contributed by atoms with Crippen LogP contribution in [-0.2, 0) is 11.3 Å². The summed E-state index contributed by atoms with van der Waals surface area (Å²) in [5.74, 6) is -1.01. The number of benzene rings is 1. The lowest BCUT2D eigenvalue weighted by Gasteiger charge is -2.21. The summed E-state index contributed by atoms with van der Waals surface area (Å²) < 4.78 is 13.0. The van der Waals surface area contributed by atoms with Crippen molar-refractivity contribution in [1.29, 1.82) is 0 Å². The molecule has 1 aromatic rings. The second-order valence-electron chi connectivity index (χ2n) is 4.54. The van der Waals surface area contributed by atoms with Crippen LogP contribution in [0.1, 0.15) is 24.0 Å². The molecule has 1 aliphatic heterocycles. The molecule has 1 N–H and O–H groups in total. The Morgan fingerprint density at radius 3 is 3.00 bits per heavy atom. The summed E-state index contributed by atoms with van der Waals surface area (Å²) in [6.07, 6.45) is 1.62. The maximum atomic E-state index is 13.0. The summed E-state index contributed by atoms with van der Waals surface area (Å²) in [5, 5.41) is 9.07. The Labute approximate surface area is 99.9 Å². The molecule has 1 saturated heterocycles. The SMILES string of the molecule is Cc1cc(F)ccc1CN1CCCC1C(=O)O. The van der Waals surface area contributed by atoms with E-state index in [1.165, 1.54) is 12.1 Å². The van der Waals surface area contributed by atoms with E-state index in [4.69, 9.17) is 5.11 Å². The Bertz CT molecular complexity index is 433. The number of aliphatic carboxylic acids is 1. The van der Waals surface area contributed by atoms with Crippen LogP contribution in [0.25, 0.3) is 0 Å². The fourth-order valence-electron chi connectivity index (χ4n) is 2.35. The van der Waals surface area contributed by atoms with Crippen LogP contribution in [0.3, 0.4) is 0 Å². The Morgan fingerprint density at radius 2 is 2.35 bits per heavy atom. The van der Waals surface area contributed by atoms with Gasteiger partial charge in [0.1, 0.15) is 11.9 Å². The van der Waals surface area contributed by atoms with E-state index >= 15 is 0 Å². The summed E-state index contributed by atoms with van der Waals surface area (Å²) >= 11 is 0. The van der Waals surface area contributed by atoms with Gasteiger partial charge >= 0.3 is 5.97 Å². The molecular formula is C13H16FNO2.